The molecule has 4 aromatic carbocycles. The van der Waals surface area contributed by atoms with Gasteiger partial charge in [-0.05, 0) is 104 Å². The molecule has 8 rings (SSSR count). The number of amides is 2. The average molecular weight is 772 g/mol. The third-order valence-electron chi connectivity index (χ3n) is 10.5. The van der Waals surface area contributed by atoms with E-state index in [1.807, 2.05) is 41.3 Å². The molecule has 0 radical (unpaired) electrons. The number of hydrogen-bond acceptors (Lipinski definition) is 5. The number of aromatic nitrogens is 1. The van der Waals surface area contributed by atoms with Crippen LogP contribution in [0, 0.1) is 0 Å². The van der Waals surface area contributed by atoms with Crippen molar-refractivity contribution in [2.45, 2.75) is 44.8 Å². The Morgan fingerprint density at radius 1 is 0.792 bits per heavy atom. The van der Waals surface area contributed by atoms with E-state index < -0.39 is 0 Å². The SMILES string of the molecule is Cl.O=C(c1cc(-c2cc(Cl)ccc2C(=O)N2Cc3ccccc3C[C@H]2CN2CCOCC2)n2c1CCCC2)N(c1ccc(O)cc1)c1cccc(Cl)c1. The maximum absolute atomic E-state index is 14.9. The van der Waals surface area contributed by atoms with E-state index in [0.29, 0.717) is 70.8 Å². The maximum atomic E-state index is 14.9. The van der Waals surface area contributed by atoms with E-state index in [2.05, 4.69) is 27.7 Å². The number of rotatable bonds is 7. The quantitative estimate of drug-likeness (QED) is 0.179. The molecule has 2 amide bonds. The van der Waals surface area contributed by atoms with Crippen LogP contribution in [0.15, 0.2) is 97.1 Å². The van der Waals surface area contributed by atoms with Gasteiger partial charge in [0.15, 0.2) is 0 Å². The Bertz CT molecular complexity index is 2130. The molecule has 11 heteroatoms. The summed E-state index contributed by atoms with van der Waals surface area (Å²) in [5.74, 6) is -0.172. The fourth-order valence-corrected chi connectivity index (χ4v) is 8.30. The van der Waals surface area contributed by atoms with Gasteiger partial charge in [-0.15, -0.1) is 12.4 Å². The van der Waals surface area contributed by atoms with E-state index in [0.717, 1.165) is 55.8 Å². The number of aromatic hydroxyl groups is 1. The molecule has 3 aliphatic rings. The minimum Gasteiger partial charge on any atom is -0.508 e. The van der Waals surface area contributed by atoms with Crippen LogP contribution < -0.4 is 4.90 Å². The summed E-state index contributed by atoms with van der Waals surface area (Å²) in [6.45, 7) is 5.07. The van der Waals surface area contributed by atoms with Gasteiger partial charge in [0.25, 0.3) is 11.8 Å². The van der Waals surface area contributed by atoms with Crippen molar-refractivity contribution in [2.75, 3.05) is 37.7 Å². The van der Waals surface area contributed by atoms with Crippen molar-refractivity contribution in [2.24, 2.45) is 0 Å². The average Bonchev–Trinajstić information content (AvgIpc) is 3.55. The number of nitrogens with zero attached hydrogens (tertiary/aromatic N) is 4. The fourth-order valence-electron chi connectivity index (χ4n) is 7.95. The van der Waals surface area contributed by atoms with Gasteiger partial charge in [-0.25, -0.2) is 0 Å². The summed E-state index contributed by atoms with van der Waals surface area (Å²) < 4.78 is 7.82. The van der Waals surface area contributed by atoms with Crippen molar-refractivity contribution in [3.05, 3.63) is 135 Å². The lowest BCUT2D eigenvalue weighted by atomic mass is 9.92. The number of carbonyl (C=O) groups excluding carboxylic acids is 2. The van der Waals surface area contributed by atoms with Crippen LogP contribution in [0.2, 0.25) is 10.0 Å². The molecule has 1 fully saturated rings. The lowest BCUT2D eigenvalue weighted by Crippen LogP contribution is -2.52. The molecule has 4 heterocycles. The Kier molecular flexibility index (Phi) is 11.2. The zero-order chi connectivity index (χ0) is 35.8. The van der Waals surface area contributed by atoms with E-state index in [1.54, 1.807) is 47.4 Å². The van der Waals surface area contributed by atoms with Gasteiger partial charge in [0.05, 0.1) is 24.5 Å². The third kappa shape index (κ3) is 7.57. The predicted octanol–water partition coefficient (Wildman–Crippen LogP) is 8.80. The van der Waals surface area contributed by atoms with Gasteiger partial charge in [-0.1, -0.05) is 53.5 Å². The topological polar surface area (TPSA) is 78.3 Å². The van der Waals surface area contributed by atoms with Crippen LogP contribution in [0.25, 0.3) is 11.3 Å². The molecular formula is C42H41Cl3N4O4. The second-order valence-corrected chi connectivity index (χ2v) is 14.7. The summed E-state index contributed by atoms with van der Waals surface area (Å²) in [5, 5.41) is 11.1. The highest BCUT2D eigenvalue weighted by molar-refractivity contribution is 6.31. The number of fused-ring (bicyclic) bond motifs is 2. The van der Waals surface area contributed by atoms with Crippen molar-refractivity contribution in [3.63, 3.8) is 0 Å². The lowest BCUT2D eigenvalue weighted by Gasteiger charge is -2.40. The number of anilines is 2. The first-order valence-electron chi connectivity index (χ1n) is 17.9. The maximum Gasteiger partial charge on any atom is 0.264 e. The molecule has 1 atom stereocenters. The Morgan fingerprint density at radius 2 is 1.55 bits per heavy atom. The molecule has 0 unspecified atom stereocenters. The van der Waals surface area contributed by atoms with Crippen molar-refractivity contribution in [1.82, 2.24) is 14.4 Å². The number of carbonyl (C=O) groups is 2. The molecule has 274 valence electrons. The molecule has 1 N–H and O–H groups in total. The minimum atomic E-state index is -0.224. The first-order chi connectivity index (χ1) is 25.3. The number of benzene rings is 4. The molecule has 0 spiro atoms. The first kappa shape index (κ1) is 37.0. The molecule has 53 heavy (non-hydrogen) atoms. The van der Waals surface area contributed by atoms with E-state index >= 15 is 0 Å². The normalized spacial score (nSPS) is 17.0. The minimum absolute atomic E-state index is 0. The van der Waals surface area contributed by atoms with E-state index in [4.69, 9.17) is 27.9 Å². The predicted molar refractivity (Wildman–Crippen MR) is 212 cm³/mol. The van der Waals surface area contributed by atoms with Gasteiger partial charge in [0.1, 0.15) is 5.75 Å². The monoisotopic (exact) mass is 770 g/mol. The lowest BCUT2D eigenvalue weighted by molar-refractivity contribution is 0.0193. The fraction of sp³-hybridized carbons (Fsp3) is 0.286. The zero-order valence-corrected chi connectivity index (χ0v) is 31.5. The van der Waals surface area contributed by atoms with Crippen molar-refractivity contribution >= 4 is 58.8 Å². The van der Waals surface area contributed by atoms with Crippen molar-refractivity contribution in [3.8, 4) is 17.0 Å². The van der Waals surface area contributed by atoms with Gasteiger partial charge in [-0.2, -0.15) is 0 Å². The van der Waals surface area contributed by atoms with E-state index in [9.17, 15) is 14.7 Å². The molecule has 1 saturated heterocycles. The van der Waals surface area contributed by atoms with Gasteiger partial charge in [0, 0.05) is 77.0 Å². The summed E-state index contributed by atoms with van der Waals surface area (Å²) in [7, 11) is 0. The number of morpholine rings is 1. The van der Waals surface area contributed by atoms with E-state index in [1.165, 1.54) is 5.56 Å². The molecule has 0 aliphatic carbocycles. The second-order valence-electron chi connectivity index (χ2n) is 13.8. The largest absolute Gasteiger partial charge is 0.508 e. The number of hydrogen-bond donors (Lipinski definition) is 1. The number of phenolic OH excluding ortho intramolecular Hbond substituents is 1. The standard InChI is InChI=1S/C42H40Cl2N4O4.ClH/c43-30-8-5-9-33(23-30)48(32-12-14-35(49)15-13-32)42(51)38-25-40(46-17-4-3-10-39(38)46)37-24-31(44)11-16-36(37)41(50)47-26-29-7-2-1-6-28(29)22-34(47)27-45-18-20-52-21-19-45;/h1-2,5-9,11-16,23-25,34,49H,3-4,10,17-22,26-27H2;1H/t34-;/m0./s1. The molecule has 5 aromatic rings. The zero-order valence-electron chi connectivity index (χ0n) is 29.2. The summed E-state index contributed by atoms with van der Waals surface area (Å²) in [5.41, 5.74) is 7.19. The van der Waals surface area contributed by atoms with Crippen molar-refractivity contribution in [1.29, 1.82) is 0 Å². The van der Waals surface area contributed by atoms with Gasteiger partial charge in [0.2, 0.25) is 0 Å². The Labute approximate surface area is 325 Å². The van der Waals surface area contributed by atoms with Gasteiger partial charge < -0.3 is 19.3 Å². The Balaban J connectivity index is 0.00000435. The van der Waals surface area contributed by atoms with Gasteiger partial charge >= 0.3 is 0 Å². The molecule has 1 aromatic heterocycles. The van der Waals surface area contributed by atoms with Crippen LogP contribution in [0.4, 0.5) is 11.4 Å². The highest BCUT2D eigenvalue weighted by atomic mass is 35.5. The molecule has 3 aliphatic heterocycles. The van der Waals surface area contributed by atoms with Crippen LogP contribution in [0.1, 0.15) is 50.4 Å². The smallest absolute Gasteiger partial charge is 0.264 e. The third-order valence-corrected chi connectivity index (χ3v) is 11.0. The van der Waals surface area contributed by atoms with Crippen LogP contribution in [0.5, 0.6) is 5.75 Å². The summed E-state index contributed by atoms with van der Waals surface area (Å²) in [4.78, 5) is 35.8. The highest BCUT2D eigenvalue weighted by Gasteiger charge is 2.35. The molecule has 0 saturated carbocycles. The van der Waals surface area contributed by atoms with Crippen LogP contribution in [-0.4, -0.2) is 70.2 Å². The van der Waals surface area contributed by atoms with Crippen LogP contribution in [-0.2, 0) is 30.7 Å². The second kappa shape index (κ2) is 16.0. The Morgan fingerprint density at radius 3 is 2.32 bits per heavy atom. The summed E-state index contributed by atoms with van der Waals surface area (Å²) in [6.07, 6.45) is 3.39. The molecular weight excluding hydrogens is 731 g/mol. The van der Waals surface area contributed by atoms with Crippen molar-refractivity contribution < 1.29 is 19.4 Å². The first-order valence-corrected chi connectivity index (χ1v) is 18.7. The van der Waals surface area contributed by atoms with Gasteiger partial charge in [-0.3, -0.25) is 19.4 Å². The Hall–Kier alpha value is -4.31. The molecule has 8 nitrogen and oxygen atoms in total. The van der Waals surface area contributed by atoms with E-state index in [-0.39, 0.29) is 36.0 Å². The summed E-state index contributed by atoms with van der Waals surface area (Å²) in [6, 6.07) is 29.6. The number of ether oxygens (including phenoxy) is 1. The van der Waals surface area contributed by atoms with Crippen LogP contribution >= 0.6 is 35.6 Å². The molecule has 0 bridgehead atoms. The van der Waals surface area contributed by atoms with Crippen LogP contribution in [0.3, 0.4) is 0 Å². The number of phenols is 1. The number of halogens is 3. The summed E-state index contributed by atoms with van der Waals surface area (Å²) >= 11 is 13.1. The highest BCUT2D eigenvalue weighted by Crippen LogP contribution is 2.38.